The van der Waals surface area contributed by atoms with Gasteiger partial charge in [0.2, 0.25) is 0 Å². The van der Waals surface area contributed by atoms with Crippen molar-refractivity contribution in [3.8, 4) is 0 Å². The molecule has 0 heterocycles. The fourth-order valence-electron chi connectivity index (χ4n) is 1.88. The highest BCUT2D eigenvalue weighted by atomic mass is 16.4. The molecule has 0 saturated heterocycles. The number of carbonyl (C=O) groups is 2. The fraction of sp³-hybridized carbons (Fsp3) is 0.500. The van der Waals surface area contributed by atoms with Gasteiger partial charge in [-0.25, -0.2) is 0 Å². The highest BCUT2D eigenvalue weighted by Crippen LogP contribution is 2.00. The molecule has 0 amide bonds. The minimum absolute atomic E-state index is 0.102. The maximum absolute atomic E-state index is 11.6. The Morgan fingerprint density at radius 3 is 2.35 bits per heavy atom. The van der Waals surface area contributed by atoms with E-state index in [1.165, 1.54) is 19.3 Å². The number of allylic oxidation sites excluding steroid dienone is 8. The van der Waals surface area contributed by atoms with Crippen molar-refractivity contribution in [2.45, 2.75) is 64.7 Å². The van der Waals surface area contributed by atoms with E-state index in [1.54, 1.807) is 6.08 Å². The van der Waals surface area contributed by atoms with Crippen molar-refractivity contribution >= 4 is 11.8 Å². The summed E-state index contributed by atoms with van der Waals surface area (Å²) in [5, 5.41) is 8.49. The van der Waals surface area contributed by atoms with Gasteiger partial charge in [-0.15, -0.1) is 0 Å². The van der Waals surface area contributed by atoms with Crippen LogP contribution in [0.1, 0.15) is 64.7 Å². The molecule has 0 saturated carbocycles. The Morgan fingerprint density at radius 2 is 1.61 bits per heavy atom. The van der Waals surface area contributed by atoms with Gasteiger partial charge in [0.1, 0.15) is 0 Å². The summed E-state index contributed by atoms with van der Waals surface area (Å²) in [5.74, 6) is -0.648. The second-order valence-corrected chi connectivity index (χ2v) is 5.42. The molecule has 3 nitrogen and oxygen atoms in total. The number of rotatable bonds is 14. The van der Waals surface area contributed by atoms with Gasteiger partial charge in [0, 0.05) is 12.8 Å². The van der Waals surface area contributed by atoms with E-state index in [2.05, 4.69) is 13.0 Å². The van der Waals surface area contributed by atoms with Gasteiger partial charge in [-0.1, -0.05) is 62.3 Å². The van der Waals surface area contributed by atoms with E-state index in [9.17, 15) is 9.59 Å². The molecule has 0 aromatic carbocycles. The number of hydrogen-bond acceptors (Lipinski definition) is 2. The van der Waals surface area contributed by atoms with E-state index in [0.717, 1.165) is 19.3 Å². The molecule has 0 aromatic heterocycles. The topological polar surface area (TPSA) is 54.4 Å². The standard InChI is InChI=1S/C20H30O3/c1-2-3-4-5-7-10-13-16-19(21)17-14-11-8-6-9-12-15-18-20(22)23/h6-7,9-11,13-14,16H,2-5,8,12,15,17-18H2,1H3,(H,22,23)/b9-6-,10-7-,14-11-,16-13-. The molecular formula is C20H30O3. The summed E-state index contributed by atoms with van der Waals surface area (Å²) in [5.41, 5.74) is 0. The van der Waals surface area contributed by atoms with E-state index >= 15 is 0 Å². The second kappa shape index (κ2) is 16.5. The minimum Gasteiger partial charge on any atom is -0.481 e. The normalized spacial score (nSPS) is 12.2. The van der Waals surface area contributed by atoms with Gasteiger partial charge >= 0.3 is 5.97 Å². The predicted molar refractivity (Wildman–Crippen MR) is 96.4 cm³/mol. The third-order valence-corrected chi connectivity index (χ3v) is 3.19. The van der Waals surface area contributed by atoms with Crippen molar-refractivity contribution in [2.24, 2.45) is 0 Å². The van der Waals surface area contributed by atoms with Crippen molar-refractivity contribution in [2.75, 3.05) is 0 Å². The summed E-state index contributed by atoms with van der Waals surface area (Å²) in [6, 6.07) is 0. The largest absolute Gasteiger partial charge is 0.481 e. The van der Waals surface area contributed by atoms with Crippen LogP contribution in [0.15, 0.2) is 48.6 Å². The zero-order chi connectivity index (χ0) is 17.2. The first-order valence-corrected chi connectivity index (χ1v) is 8.54. The van der Waals surface area contributed by atoms with E-state index < -0.39 is 5.97 Å². The molecule has 3 heteroatoms. The molecule has 128 valence electrons. The lowest BCUT2D eigenvalue weighted by molar-refractivity contribution is -0.137. The average Bonchev–Trinajstić information content (AvgIpc) is 2.52. The Morgan fingerprint density at radius 1 is 0.870 bits per heavy atom. The lowest BCUT2D eigenvalue weighted by atomic mass is 10.2. The third kappa shape index (κ3) is 18.1. The fourth-order valence-corrected chi connectivity index (χ4v) is 1.88. The van der Waals surface area contributed by atoms with Gasteiger partial charge in [0.05, 0.1) is 0 Å². The van der Waals surface area contributed by atoms with Crippen LogP contribution in [0.25, 0.3) is 0 Å². The van der Waals surface area contributed by atoms with Crippen LogP contribution < -0.4 is 0 Å². The predicted octanol–water partition coefficient (Wildman–Crippen LogP) is 5.40. The van der Waals surface area contributed by atoms with Crippen molar-refractivity contribution in [1.29, 1.82) is 0 Å². The van der Waals surface area contributed by atoms with Crippen LogP contribution in [0.3, 0.4) is 0 Å². The van der Waals surface area contributed by atoms with E-state index in [-0.39, 0.29) is 12.2 Å². The molecule has 0 aliphatic rings. The van der Waals surface area contributed by atoms with Crippen LogP contribution in [0.4, 0.5) is 0 Å². The van der Waals surface area contributed by atoms with Crippen molar-refractivity contribution in [3.05, 3.63) is 48.6 Å². The van der Waals surface area contributed by atoms with Crippen LogP contribution >= 0.6 is 0 Å². The first-order valence-electron chi connectivity index (χ1n) is 8.54. The number of ketones is 1. The lowest BCUT2D eigenvalue weighted by Crippen LogP contribution is -1.92. The Balaban J connectivity index is 3.64. The summed E-state index contributed by atoms with van der Waals surface area (Å²) in [4.78, 5) is 21.9. The van der Waals surface area contributed by atoms with Crippen LogP contribution in [-0.2, 0) is 9.59 Å². The molecule has 0 spiro atoms. The summed E-state index contributed by atoms with van der Waals surface area (Å²) >= 11 is 0. The van der Waals surface area contributed by atoms with E-state index in [0.29, 0.717) is 12.8 Å². The number of carboxylic acid groups (broad SMARTS) is 1. The van der Waals surface area contributed by atoms with Crippen LogP contribution in [0.2, 0.25) is 0 Å². The Kier molecular flexibility index (Phi) is 15.1. The van der Waals surface area contributed by atoms with Crippen LogP contribution in [0, 0.1) is 0 Å². The summed E-state index contributed by atoms with van der Waals surface area (Å²) in [7, 11) is 0. The zero-order valence-corrected chi connectivity index (χ0v) is 14.2. The number of unbranched alkanes of at least 4 members (excludes halogenated alkanes) is 4. The highest BCUT2D eigenvalue weighted by molar-refractivity contribution is 5.90. The van der Waals surface area contributed by atoms with Crippen LogP contribution in [0.5, 0.6) is 0 Å². The first-order chi connectivity index (χ1) is 11.2. The first kappa shape index (κ1) is 21.1. The maximum Gasteiger partial charge on any atom is 0.303 e. The van der Waals surface area contributed by atoms with Gasteiger partial charge in [-0.3, -0.25) is 9.59 Å². The molecule has 0 aromatic rings. The molecule has 1 N–H and O–H groups in total. The molecule has 0 aliphatic heterocycles. The molecule has 0 bridgehead atoms. The molecular weight excluding hydrogens is 288 g/mol. The maximum atomic E-state index is 11.6. The van der Waals surface area contributed by atoms with Gasteiger partial charge in [0.15, 0.2) is 5.78 Å². The Bertz CT molecular complexity index is 428. The summed E-state index contributed by atoms with van der Waals surface area (Å²) in [6.45, 7) is 2.19. The van der Waals surface area contributed by atoms with E-state index in [4.69, 9.17) is 5.11 Å². The molecule has 0 aliphatic carbocycles. The molecule has 0 fully saturated rings. The molecule has 0 radical (unpaired) electrons. The third-order valence-electron chi connectivity index (χ3n) is 3.19. The van der Waals surface area contributed by atoms with Gasteiger partial charge in [0.25, 0.3) is 0 Å². The summed E-state index contributed by atoms with van der Waals surface area (Å²) < 4.78 is 0. The van der Waals surface area contributed by atoms with Crippen molar-refractivity contribution in [3.63, 3.8) is 0 Å². The Labute approximate surface area is 140 Å². The average molecular weight is 318 g/mol. The number of hydrogen-bond donors (Lipinski definition) is 1. The molecule has 0 atom stereocenters. The number of aliphatic carboxylic acids is 1. The quantitative estimate of drug-likeness (QED) is 0.202. The monoisotopic (exact) mass is 318 g/mol. The van der Waals surface area contributed by atoms with Gasteiger partial charge in [-0.05, 0) is 38.2 Å². The minimum atomic E-state index is -0.749. The van der Waals surface area contributed by atoms with E-state index in [1.807, 2.05) is 36.5 Å². The second-order valence-electron chi connectivity index (χ2n) is 5.42. The number of carboxylic acids is 1. The smallest absolute Gasteiger partial charge is 0.303 e. The highest BCUT2D eigenvalue weighted by Gasteiger charge is 1.93. The number of carbonyl (C=O) groups excluding carboxylic acids is 1. The van der Waals surface area contributed by atoms with Crippen LogP contribution in [-0.4, -0.2) is 16.9 Å². The van der Waals surface area contributed by atoms with Crippen molar-refractivity contribution in [1.82, 2.24) is 0 Å². The van der Waals surface area contributed by atoms with Crippen molar-refractivity contribution < 1.29 is 14.7 Å². The molecule has 0 unspecified atom stereocenters. The summed E-state index contributed by atoms with van der Waals surface area (Å²) in [6.07, 6.45) is 22.9. The Hall–Kier alpha value is -1.90. The molecule has 23 heavy (non-hydrogen) atoms. The zero-order valence-electron chi connectivity index (χ0n) is 14.2. The van der Waals surface area contributed by atoms with Gasteiger partial charge in [-0.2, -0.15) is 0 Å². The lowest BCUT2D eigenvalue weighted by Gasteiger charge is -1.90. The SMILES string of the molecule is CCCCC/C=C\C=C/C(=O)C/C=C\C/C=C\CCCC(=O)O. The van der Waals surface area contributed by atoms with Gasteiger partial charge < -0.3 is 5.11 Å². The molecule has 0 rings (SSSR count).